The Balaban J connectivity index is 1.24. The maximum Gasteiger partial charge on any atom is 0.242 e. The van der Waals surface area contributed by atoms with E-state index in [2.05, 4.69) is 4.98 Å². The number of aromatic nitrogens is 2. The number of benzene rings is 1. The lowest BCUT2D eigenvalue weighted by Crippen LogP contribution is -2.63. The van der Waals surface area contributed by atoms with E-state index in [1.165, 1.54) is 4.90 Å². The molecule has 7 nitrogen and oxygen atoms in total. The molecule has 2 saturated heterocycles. The maximum atomic E-state index is 12.6. The van der Waals surface area contributed by atoms with Gasteiger partial charge in [-0.15, -0.1) is 0 Å². The van der Waals surface area contributed by atoms with E-state index in [4.69, 9.17) is 0 Å². The summed E-state index contributed by atoms with van der Waals surface area (Å²) in [5.41, 5.74) is 1.78. The van der Waals surface area contributed by atoms with Gasteiger partial charge in [-0.1, -0.05) is 24.3 Å². The number of allylic oxidation sites excluding steroid dienone is 2. The Morgan fingerprint density at radius 3 is 2.41 bits per heavy atom. The van der Waals surface area contributed by atoms with Crippen molar-refractivity contribution in [2.45, 2.75) is 25.4 Å². The zero-order valence-electron chi connectivity index (χ0n) is 14.8. The van der Waals surface area contributed by atoms with Crippen LogP contribution in [-0.2, 0) is 20.9 Å². The summed E-state index contributed by atoms with van der Waals surface area (Å²) in [6.07, 6.45) is 6.94. The van der Waals surface area contributed by atoms with Crippen LogP contribution in [0.4, 0.5) is 0 Å². The topological polar surface area (TPSA) is 75.5 Å². The van der Waals surface area contributed by atoms with Crippen LogP contribution in [0.15, 0.2) is 42.7 Å². The highest BCUT2D eigenvalue weighted by atomic mass is 16.2. The lowest BCUT2D eigenvalue weighted by atomic mass is 9.85. The molecule has 2 aromatic rings. The highest BCUT2D eigenvalue weighted by Gasteiger charge is 2.52. The molecule has 2 fully saturated rings. The Kier molecular flexibility index (Phi) is 3.63. The number of para-hydroxylation sites is 2. The second-order valence-corrected chi connectivity index (χ2v) is 7.52. The van der Waals surface area contributed by atoms with Crippen LogP contribution in [0.2, 0.25) is 0 Å². The van der Waals surface area contributed by atoms with Gasteiger partial charge in [-0.2, -0.15) is 0 Å². The predicted molar refractivity (Wildman–Crippen MR) is 97.3 cm³/mol. The molecular weight excluding hydrogens is 344 g/mol. The predicted octanol–water partition coefficient (Wildman–Crippen LogP) is 1.20. The second-order valence-electron chi connectivity index (χ2n) is 7.52. The molecule has 2 unspecified atom stereocenters. The minimum absolute atomic E-state index is 0.0208. The summed E-state index contributed by atoms with van der Waals surface area (Å²) in [5.74, 6) is -0.555. The van der Waals surface area contributed by atoms with Crippen molar-refractivity contribution in [2.75, 3.05) is 13.1 Å². The molecular formula is C20H20N4O3. The van der Waals surface area contributed by atoms with Gasteiger partial charge in [-0.05, 0) is 25.0 Å². The van der Waals surface area contributed by atoms with Crippen molar-refractivity contribution in [1.82, 2.24) is 19.4 Å². The van der Waals surface area contributed by atoms with Gasteiger partial charge >= 0.3 is 0 Å². The van der Waals surface area contributed by atoms with Crippen LogP contribution < -0.4 is 0 Å². The molecule has 3 aliphatic rings. The summed E-state index contributed by atoms with van der Waals surface area (Å²) < 4.78 is 1.83. The van der Waals surface area contributed by atoms with Crippen LogP contribution in [0.25, 0.3) is 11.0 Å². The first kappa shape index (κ1) is 16.2. The number of imide groups is 1. The first-order valence-electron chi connectivity index (χ1n) is 9.33. The molecule has 27 heavy (non-hydrogen) atoms. The van der Waals surface area contributed by atoms with Crippen LogP contribution in [-0.4, -0.2) is 56.2 Å². The summed E-state index contributed by atoms with van der Waals surface area (Å²) in [4.78, 5) is 45.3. The van der Waals surface area contributed by atoms with Gasteiger partial charge in [0.25, 0.3) is 0 Å². The number of hydrogen-bond acceptors (Lipinski definition) is 4. The van der Waals surface area contributed by atoms with Crippen LogP contribution >= 0.6 is 0 Å². The zero-order chi connectivity index (χ0) is 18.5. The van der Waals surface area contributed by atoms with E-state index < -0.39 is 0 Å². The fourth-order valence-corrected chi connectivity index (χ4v) is 4.39. The lowest BCUT2D eigenvalue weighted by molar-refractivity contribution is -0.153. The first-order chi connectivity index (χ1) is 13.1. The molecule has 2 aliphatic heterocycles. The Hall–Kier alpha value is -2.96. The van der Waals surface area contributed by atoms with Crippen molar-refractivity contribution in [1.29, 1.82) is 0 Å². The second kappa shape index (κ2) is 6.04. The highest BCUT2D eigenvalue weighted by Crippen LogP contribution is 2.37. The minimum atomic E-state index is -0.204. The molecule has 5 rings (SSSR count). The molecule has 0 saturated carbocycles. The quantitative estimate of drug-likeness (QED) is 0.606. The number of carbonyl (C=O) groups excluding carboxylic acids is 3. The minimum Gasteiger partial charge on any atom is -0.337 e. The summed E-state index contributed by atoms with van der Waals surface area (Å²) in [6, 6.07) is 7.50. The molecule has 7 heteroatoms. The molecule has 1 aliphatic carbocycles. The number of nitrogens with zero attached hydrogens (tertiary/aromatic N) is 4. The average Bonchev–Trinajstić information content (AvgIpc) is 3.16. The summed E-state index contributed by atoms with van der Waals surface area (Å²) >= 11 is 0. The van der Waals surface area contributed by atoms with Gasteiger partial charge < -0.3 is 9.47 Å². The largest absolute Gasteiger partial charge is 0.337 e. The normalized spacial score (nSPS) is 25.2. The molecule has 2 atom stereocenters. The van der Waals surface area contributed by atoms with Gasteiger partial charge in [0.1, 0.15) is 6.54 Å². The van der Waals surface area contributed by atoms with Gasteiger partial charge in [0.05, 0.1) is 35.2 Å². The number of amides is 3. The third-order valence-electron chi connectivity index (χ3n) is 5.95. The van der Waals surface area contributed by atoms with E-state index in [0.717, 1.165) is 11.0 Å². The van der Waals surface area contributed by atoms with E-state index in [9.17, 15) is 14.4 Å². The summed E-state index contributed by atoms with van der Waals surface area (Å²) in [6.45, 7) is 1.07. The van der Waals surface area contributed by atoms with Crippen molar-refractivity contribution in [2.24, 2.45) is 11.8 Å². The van der Waals surface area contributed by atoms with Gasteiger partial charge in [0.15, 0.2) is 0 Å². The van der Waals surface area contributed by atoms with E-state index in [1.54, 1.807) is 11.2 Å². The van der Waals surface area contributed by atoms with Crippen LogP contribution in [0.5, 0.6) is 0 Å². The van der Waals surface area contributed by atoms with Crippen LogP contribution in [0.3, 0.4) is 0 Å². The summed E-state index contributed by atoms with van der Waals surface area (Å²) in [5, 5.41) is 0. The number of likely N-dealkylation sites (tertiary alicyclic amines) is 2. The third-order valence-corrected chi connectivity index (χ3v) is 5.95. The number of imidazole rings is 1. The molecule has 0 bridgehead atoms. The van der Waals surface area contributed by atoms with E-state index in [1.807, 2.05) is 41.0 Å². The Labute approximate surface area is 156 Å². The van der Waals surface area contributed by atoms with Crippen LogP contribution in [0, 0.1) is 11.8 Å². The molecule has 1 aromatic carbocycles. The Morgan fingerprint density at radius 1 is 1.04 bits per heavy atom. The molecule has 0 N–H and O–H groups in total. The average molecular weight is 364 g/mol. The number of fused-ring (bicyclic) bond motifs is 2. The molecule has 0 spiro atoms. The first-order valence-corrected chi connectivity index (χ1v) is 9.33. The molecule has 138 valence electrons. The van der Waals surface area contributed by atoms with Crippen molar-refractivity contribution < 1.29 is 14.4 Å². The highest BCUT2D eigenvalue weighted by molar-refractivity contribution is 6.06. The SMILES string of the molecule is O=C(Cn1cnc2ccccc21)N1CC(N2C(=O)C3CC=CCC3C2=O)C1. The maximum absolute atomic E-state index is 12.6. The van der Waals surface area contributed by atoms with Gasteiger partial charge in [-0.3, -0.25) is 19.3 Å². The fourth-order valence-electron chi connectivity index (χ4n) is 4.39. The zero-order valence-corrected chi connectivity index (χ0v) is 14.8. The lowest BCUT2D eigenvalue weighted by Gasteiger charge is -2.43. The third kappa shape index (κ3) is 2.49. The van der Waals surface area contributed by atoms with Gasteiger partial charge in [-0.25, -0.2) is 4.98 Å². The molecule has 0 radical (unpaired) electrons. The number of hydrogen-bond donors (Lipinski definition) is 0. The Morgan fingerprint density at radius 2 is 1.70 bits per heavy atom. The van der Waals surface area contributed by atoms with Crippen molar-refractivity contribution in [3.05, 3.63) is 42.7 Å². The Bertz CT molecular complexity index is 947. The van der Waals surface area contributed by atoms with E-state index in [-0.39, 0.29) is 42.1 Å². The smallest absolute Gasteiger partial charge is 0.242 e. The van der Waals surface area contributed by atoms with Gasteiger partial charge in [0.2, 0.25) is 17.7 Å². The number of carbonyl (C=O) groups is 3. The van der Waals surface area contributed by atoms with Gasteiger partial charge in [0, 0.05) is 13.1 Å². The molecule has 3 heterocycles. The standard InChI is InChI=1S/C20H20N4O3/c25-18(11-23-12-21-16-7-3-4-8-17(16)23)22-9-13(10-22)24-19(26)14-5-1-2-6-15(14)20(24)27/h1-4,7-8,12-15H,5-6,9-11H2. The number of rotatable bonds is 3. The van der Waals surface area contributed by atoms with Crippen LogP contribution in [0.1, 0.15) is 12.8 Å². The summed E-state index contributed by atoms with van der Waals surface area (Å²) in [7, 11) is 0. The fraction of sp³-hybridized carbons (Fsp3) is 0.400. The molecule has 3 amide bonds. The van der Waals surface area contributed by atoms with E-state index in [0.29, 0.717) is 25.9 Å². The van der Waals surface area contributed by atoms with Crippen molar-refractivity contribution in [3.63, 3.8) is 0 Å². The van der Waals surface area contributed by atoms with E-state index >= 15 is 0 Å². The van der Waals surface area contributed by atoms with Crippen molar-refractivity contribution in [3.8, 4) is 0 Å². The monoisotopic (exact) mass is 364 g/mol. The molecule has 1 aromatic heterocycles. The van der Waals surface area contributed by atoms with Crippen molar-refractivity contribution >= 4 is 28.8 Å².